The van der Waals surface area contributed by atoms with Gasteiger partial charge in [-0.1, -0.05) is 0 Å². The van der Waals surface area contributed by atoms with Gasteiger partial charge < -0.3 is 10.1 Å². The molecule has 0 aliphatic heterocycles. The molecular weight excluding hydrogens is 364 g/mol. The molecule has 7 nitrogen and oxygen atoms in total. The fourth-order valence-electron chi connectivity index (χ4n) is 1.41. The number of hydrogen-bond donors (Lipinski definition) is 2. The Morgan fingerprint density at radius 3 is 2.52 bits per heavy atom. The van der Waals surface area contributed by atoms with E-state index in [1.807, 2.05) is 0 Å². The van der Waals surface area contributed by atoms with Gasteiger partial charge in [0.2, 0.25) is 10.0 Å². The number of nitrogens with two attached hydrogens (primary N) is 1. The number of primary sulfonamides is 1. The van der Waals surface area contributed by atoms with Crippen molar-refractivity contribution in [3.05, 3.63) is 28.2 Å². The minimum atomic E-state index is -3.93. The summed E-state index contributed by atoms with van der Waals surface area (Å²) in [7, 11) is -3.93. The normalized spacial score (nSPS) is 11.3. The molecule has 21 heavy (non-hydrogen) atoms. The van der Waals surface area contributed by atoms with Crippen molar-refractivity contribution < 1.29 is 22.7 Å². The maximum absolute atomic E-state index is 11.9. The summed E-state index contributed by atoms with van der Waals surface area (Å²) in [4.78, 5) is 23.0. The van der Waals surface area contributed by atoms with E-state index in [0.717, 1.165) is 6.07 Å². The molecule has 0 bridgehead atoms. The summed E-state index contributed by atoms with van der Waals surface area (Å²) in [5.74, 6) is -1.27. The molecule has 0 saturated carbocycles. The first-order chi connectivity index (χ1) is 9.61. The summed E-state index contributed by atoms with van der Waals surface area (Å²) in [5.41, 5.74) is -0.0288. The van der Waals surface area contributed by atoms with Gasteiger partial charge >= 0.3 is 5.97 Å². The van der Waals surface area contributed by atoms with Gasteiger partial charge in [0.1, 0.15) is 0 Å². The molecule has 0 atom stereocenters. The molecule has 0 heterocycles. The Labute approximate surface area is 131 Å². The summed E-state index contributed by atoms with van der Waals surface area (Å²) in [6, 6.07) is 3.63. The maximum atomic E-state index is 11.9. The minimum Gasteiger partial charge on any atom is -0.452 e. The predicted molar refractivity (Wildman–Crippen MR) is 79.1 cm³/mol. The second-order valence-electron chi connectivity index (χ2n) is 4.49. The molecule has 1 aromatic rings. The Bertz CT molecular complexity index is 658. The van der Waals surface area contributed by atoms with Crippen LogP contribution in [0.15, 0.2) is 27.6 Å². The topological polar surface area (TPSA) is 116 Å². The quantitative estimate of drug-likeness (QED) is 0.734. The van der Waals surface area contributed by atoms with Crippen LogP contribution in [-0.2, 0) is 19.6 Å². The van der Waals surface area contributed by atoms with Crippen molar-refractivity contribution in [1.29, 1.82) is 0 Å². The molecule has 0 radical (unpaired) electrons. The van der Waals surface area contributed by atoms with Crippen molar-refractivity contribution in [1.82, 2.24) is 5.32 Å². The molecule has 0 unspecified atom stereocenters. The largest absolute Gasteiger partial charge is 0.452 e. The van der Waals surface area contributed by atoms with Crippen LogP contribution < -0.4 is 10.5 Å². The van der Waals surface area contributed by atoms with Crippen LogP contribution in [0.5, 0.6) is 0 Å². The minimum absolute atomic E-state index is 0.0288. The van der Waals surface area contributed by atoms with Gasteiger partial charge in [0.05, 0.1) is 10.5 Å². The predicted octanol–water partition coefficient (Wildman–Crippen LogP) is 0.778. The highest BCUT2D eigenvalue weighted by Crippen LogP contribution is 2.21. The van der Waals surface area contributed by atoms with Crippen molar-refractivity contribution >= 4 is 37.8 Å². The first kappa shape index (κ1) is 17.6. The summed E-state index contributed by atoms with van der Waals surface area (Å²) in [5, 5.41) is 7.55. The van der Waals surface area contributed by atoms with Crippen molar-refractivity contribution in [2.24, 2.45) is 5.14 Å². The number of ether oxygens (including phenoxy) is 1. The van der Waals surface area contributed by atoms with E-state index < -0.39 is 28.5 Å². The third kappa shape index (κ3) is 5.44. The SMILES string of the molecule is CC(C)NC(=O)COC(=O)c1cc(S(N)(=O)=O)ccc1Br. The lowest BCUT2D eigenvalue weighted by Crippen LogP contribution is -2.34. The fourth-order valence-corrected chi connectivity index (χ4v) is 2.36. The van der Waals surface area contributed by atoms with Gasteiger partial charge in [0.15, 0.2) is 6.61 Å². The molecule has 0 spiro atoms. The molecule has 9 heteroatoms. The van der Waals surface area contributed by atoms with Gasteiger partial charge in [-0.15, -0.1) is 0 Å². The molecule has 1 amide bonds. The van der Waals surface area contributed by atoms with Crippen LogP contribution in [0.3, 0.4) is 0 Å². The number of halogens is 1. The molecule has 1 rings (SSSR count). The second kappa shape index (κ2) is 7.01. The number of hydrogen-bond acceptors (Lipinski definition) is 5. The van der Waals surface area contributed by atoms with E-state index in [-0.39, 0.29) is 16.5 Å². The number of sulfonamides is 1. The van der Waals surface area contributed by atoms with Crippen LogP contribution >= 0.6 is 15.9 Å². The lowest BCUT2D eigenvalue weighted by molar-refractivity contribution is -0.124. The number of benzene rings is 1. The molecule has 0 saturated heterocycles. The van der Waals surface area contributed by atoms with E-state index in [1.165, 1.54) is 12.1 Å². The second-order valence-corrected chi connectivity index (χ2v) is 6.90. The Hall–Kier alpha value is -1.45. The zero-order chi connectivity index (χ0) is 16.2. The van der Waals surface area contributed by atoms with Gasteiger partial charge in [-0.05, 0) is 48.0 Å². The zero-order valence-electron chi connectivity index (χ0n) is 11.4. The van der Waals surface area contributed by atoms with Crippen LogP contribution in [-0.4, -0.2) is 32.9 Å². The zero-order valence-corrected chi connectivity index (χ0v) is 13.8. The van der Waals surface area contributed by atoms with Crippen LogP contribution in [0.4, 0.5) is 0 Å². The average molecular weight is 379 g/mol. The van der Waals surface area contributed by atoms with Crippen LogP contribution in [0.1, 0.15) is 24.2 Å². The van der Waals surface area contributed by atoms with E-state index in [9.17, 15) is 18.0 Å². The van der Waals surface area contributed by atoms with E-state index in [2.05, 4.69) is 21.2 Å². The van der Waals surface area contributed by atoms with Crippen molar-refractivity contribution in [2.45, 2.75) is 24.8 Å². The number of carbonyl (C=O) groups is 2. The Balaban J connectivity index is 2.85. The van der Waals surface area contributed by atoms with Crippen molar-refractivity contribution in [3.8, 4) is 0 Å². The number of rotatable bonds is 5. The van der Waals surface area contributed by atoms with Crippen molar-refractivity contribution in [2.75, 3.05) is 6.61 Å². The third-order valence-corrected chi connectivity index (χ3v) is 3.87. The van der Waals surface area contributed by atoms with Crippen LogP contribution in [0.2, 0.25) is 0 Å². The molecule has 116 valence electrons. The van der Waals surface area contributed by atoms with E-state index in [4.69, 9.17) is 9.88 Å². The first-order valence-electron chi connectivity index (χ1n) is 5.90. The summed E-state index contributed by atoms with van der Waals surface area (Å²) >= 11 is 3.11. The van der Waals surface area contributed by atoms with Gasteiger partial charge in [-0.3, -0.25) is 4.79 Å². The Morgan fingerprint density at radius 1 is 1.38 bits per heavy atom. The first-order valence-corrected chi connectivity index (χ1v) is 8.24. The summed E-state index contributed by atoms with van der Waals surface area (Å²) < 4.78 is 27.7. The molecule has 0 aliphatic rings. The highest BCUT2D eigenvalue weighted by molar-refractivity contribution is 9.10. The third-order valence-electron chi connectivity index (χ3n) is 2.27. The number of esters is 1. The lowest BCUT2D eigenvalue weighted by Gasteiger charge is -2.10. The molecule has 3 N–H and O–H groups in total. The van der Waals surface area contributed by atoms with Crippen molar-refractivity contribution in [3.63, 3.8) is 0 Å². The van der Waals surface area contributed by atoms with E-state index >= 15 is 0 Å². The molecule has 0 fully saturated rings. The monoisotopic (exact) mass is 378 g/mol. The smallest absolute Gasteiger partial charge is 0.339 e. The maximum Gasteiger partial charge on any atom is 0.339 e. The summed E-state index contributed by atoms with van der Waals surface area (Å²) in [6.07, 6.45) is 0. The fraction of sp³-hybridized carbons (Fsp3) is 0.333. The average Bonchev–Trinajstić information content (AvgIpc) is 2.34. The number of carbonyl (C=O) groups excluding carboxylic acids is 2. The highest BCUT2D eigenvalue weighted by Gasteiger charge is 2.17. The van der Waals surface area contributed by atoms with Gasteiger partial charge in [-0.2, -0.15) is 0 Å². The van der Waals surface area contributed by atoms with Crippen LogP contribution in [0.25, 0.3) is 0 Å². The van der Waals surface area contributed by atoms with E-state index in [1.54, 1.807) is 13.8 Å². The Kier molecular flexibility index (Phi) is 5.87. The van der Waals surface area contributed by atoms with Gasteiger partial charge in [0, 0.05) is 10.5 Å². The molecular formula is C12H15BrN2O5S. The van der Waals surface area contributed by atoms with E-state index in [0.29, 0.717) is 4.47 Å². The Morgan fingerprint density at radius 2 is 2.00 bits per heavy atom. The summed E-state index contributed by atoms with van der Waals surface area (Å²) in [6.45, 7) is 3.08. The molecule has 1 aromatic carbocycles. The highest BCUT2D eigenvalue weighted by atomic mass is 79.9. The van der Waals surface area contributed by atoms with Gasteiger partial charge in [-0.25, -0.2) is 18.4 Å². The standard InChI is InChI=1S/C12H15BrN2O5S/c1-7(2)15-11(16)6-20-12(17)9-5-8(21(14,18)19)3-4-10(9)13/h3-5,7H,6H2,1-2H3,(H,15,16)(H2,14,18,19). The van der Waals surface area contributed by atoms with Crippen LogP contribution in [0, 0.1) is 0 Å². The number of nitrogens with one attached hydrogen (secondary N) is 1. The molecule has 0 aliphatic carbocycles. The lowest BCUT2D eigenvalue weighted by atomic mass is 10.2. The van der Waals surface area contributed by atoms with Gasteiger partial charge in [0.25, 0.3) is 5.91 Å². The molecule has 0 aromatic heterocycles. The number of amides is 1.